The van der Waals surface area contributed by atoms with Gasteiger partial charge in [-0.1, -0.05) is 13.3 Å². The summed E-state index contributed by atoms with van der Waals surface area (Å²) in [4.78, 5) is 0.259. The van der Waals surface area contributed by atoms with Crippen LogP contribution in [0.4, 0.5) is 0 Å². The molecule has 0 amide bonds. The fourth-order valence-electron chi connectivity index (χ4n) is 2.60. The summed E-state index contributed by atoms with van der Waals surface area (Å²) in [6.45, 7) is 4.89. The van der Waals surface area contributed by atoms with Gasteiger partial charge in [0.2, 0.25) is 10.0 Å². The minimum Gasteiger partial charge on any atom is -0.464 e. The summed E-state index contributed by atoms with van der Waals surface area (Å²) >= 11 is 0. The van der Waals surface area contributed by atoms with E-state index >= 15 is 0 Å². The molecule has 0 saturated heterocycles. The molecule has 0 spiro atoms. The third-order valence-corrected chi connectivity index (χ3v) is 5.45. The molecule has 0 bridgehead atoms. The molecule has 1 aromatic heterocycles. The van der Waals surface area contributed by atoms with E-state index in [-0.39, 0.29) is 10.3 Å². The number of rotatable bonds is 8. The van der Waals surface area contributed by atoms with Gasteiger partial charge in [0.05, 0.1) is 6.54 Å². The van der Waals surface area contributed by atoms with Crippen LogP contribution in [0.2, 0.25) is 0 Å². The molecule has 114 valence electrons. The van der Waals surface area contributed by atoms with Gasteiger partial charge in [-0.05, 0) is 38.6 Å². The Labute approximate surface area is 121 Å². The van der Waals surface area contributed by atoms with E-state index in [1.807, 2.05) is 0 Å². The van der Waals surface area contributed by atoms with Crippen molar-refractivity contribution in [3.63, 3.8) is 0 Å². The molecule has 20 heavy (non-hydrogen) atoms. The van der Waals surface area contributed by atoms with Gasteiger partial charge in [0.15, 0.2) is 0 Å². The van der Waals surface area contributed by atoms with Crippen molar-refractivity contribution >= 4 is 10.0 Å². The number of aryl methyl sites for hydroxylation is 1. The molecule has 1 aliphatic rings. The van der Waals surface area contributed by atoms with Crippen LogP contribution >= 0.6 is 0 Å². The molecule has 0 radical (unpaired) electrons. The van der Waals surface area contributed by atoms with E-state index in [0.717, 1.165) is 25.7 Å². The van der Waals surface area contributed by atoms with Crippen molar-refractivity contribution in [3.8, 4) is 0 Å². The van der Waals surface area contributed by atoms with Crippen LogP contribution in [-0.2, 0) is 16.6 Å². The highest BCUT2D eigenvalue weighted by Crippen LogP contribution is 2.49. The molecule has 5 nitrogen and oxygen atoms in total. The van der Waals surface area contributed by atoms with Crippen molar-refractivity contribution in [3.05, 3.63) is 17.6 Å². The Hall–Kier alpha value is -0.850. The Kier molecular flexibility index (Phi) is 4.56. The molecule has 1 aliphatic carbocycles. The average Bonchev–Trinajstić information content (AvgIpc) is 3.04. The standard InChI is InChI=1S/C14H24N2O3S/c1-4-5-14(6-7-14)10-16-20(17,18)13-8-12(9-15-3)19-11(13)2/h8,15-16H,4-7,9-10H2,1-3H3. The second kappa shape index (κ2) is 5.87. The Morgan fingerprint density at radius 3 is 2.65 bits per heavy atom. The Balaban J connectivity index is 2.06. The summed E-state index contributed by atoms with van der Waals surface area (Å²) in [5.41, 5.74) is 0.202. The molecule has 1 fully saturated rings. The molecule has 1 saturated carbocycles. The van der Waals surface area contributed by atoms with Crippen LogP contribution in [0.5, 0.6) is 0 Å². The predicted molar refractivity (Wildman–Crippen MR) is 78.0 cm³/mol. The number of hydrogen-bond donors (Lipinski definition) is 2. The van der Waals surface area contributed by atoms with Crippen LogP contribution in [0, 0.1) is 12.3 Å². The Morgan fingerprint density at radius 1 is 1.40 bits per heavy atom. The van der Waals surface area contributed by atoms with Gasteiger partial charge in [0.25, 0.3) is 0 Å². The molecular formula is C14H24N2O3S. The molecule has 2 rings (SSSR count). The minimum atomic E-state index is -3.47. The maximum atomic E-state index is 12.4. The summed E-state index contributed by atoms with van der Waals surface area (Å²) in [5.74, 6) is 1.09. The zero-order chi connectivity index (χ0) is 14.8. The van der Waals surface area contributed by atoms with Gasteiger partial charge in [-0.2, -0.15) is 0 Å². The van der Waals surface area contributed by atoms with Crippen LogP contribution < -0.4 is 10.0 Å². The van der Waals surface area contributed by atoms with Crippen molar-refractivity contribution < 1.29 is 12.8 Å². The van der Waals surface area contributed by atoms with Gasteiger partial charge in [-0.15, -0.1) is 0 Å². The maximum absolute atomic E-state index is 12.4. The average molecular weight is 300 g/mol. The van der Waals surface area contributed by atoms with Crippen LogP contribution in [0.25, 0.3) is 0 Å². The van der Waals surface area contributed by atoms with Crippen LogP contribution in [-0.4, -0.2) is 22.0 Å². The molecule has 1 aromatic rings. The third-order valence-electron chi connectivity index (χ3n) is 3.94. The summed E-state index contributed by atoms with van der Waals surface area (Å²) < 4.78 is 32.9. The lowest BCUT2D eigenvalue weighted by atomic mass is 10.0. The third kappa shape index (κ3) is 3.42. The van der Waals surface area contributed by atoms with E-state index in [1.54, 1.807) is 20.0 Å². The van der Waals surface area contributed by atoms with E-state index in [2.05, 4.69) is 17.0 Å². The van der Waals surface area contributed by atoms with E-state index in [4.69, 9.17) is 4.42 Å². The van der Waals surface area contributed by atoms with E-state index in [0.29, 0.717) is 24.6 Å². The van der Waals surface area contributed by atoms with Gasteiger partial charge in [-0.3, -0.25) is 0 Å². The van der Waals surface area contributed by atoms with E-state index in [9.17, 15) is 8.42 Å². The number of hydrogen-bond acceptors (Lipinski definition) is 4. The van der Waals surface area contributed by atoms with Crippen molar-refractivity contribution in [1.82, 2.24) is 10.0 Å². The highest BCUT2D eigenvalue weighted by atomic mass is 32.2. The van der Waals surface area contributed by atoms with Gasteiger partial charge >= 0.3 is 0 Å². The summed E-state index contributed by atoms with van der Waals surface area (Å²) in [5, 5.41) is 2.95. The number of nitrogens with one attached hydrogen (secondary N) is 2. The Bertz CT molecular complexity index is 559. The van der Waals surface area contributed by atoms with Gasteiger partial charge in [0, 0.05) is 12.6 Å². The van der Waals surface area contributed by atoms with Gasteiger partial charge in [-0.25, -0.2) is 13.1 Å². The lowest BCUT2D eigenvalue weighted by molar-refractivity contribution is 0.447. The smallest absolute Gasteiger partial charge is 0.244 e. The van der Waals surface area contributed by atoms with Crippen molar-refractivity contribution in [2.75, 3.05) is 13.6 Å². The summed E-state index contributed by atoms with van der Waals surface area (Å²) in [6.07, 6.45) is 4.43. The lowest BCUT2D eigenvalue weighted by Gasteiger charge is -2.14. The number of sulfonamides is 1. The van der Waals surface area contributed by atoms with Crippen molar-refractivity contribution in [1.29, 1.82) is 0 Å². The van der Waals surface area contributed by atoms with E-state index < -0.39 is 10.0 Å². The monoisotopic (exact) mass is 300 g/mol. The van der Waals surface area contributed by atoms with Gasteiger partial charge in [0.1, 0.15) is 16.4 Å². The van der Waals surface area contributed by atoms with E-state index in [1.165, 1.54) is 0 Å². The fraction of sp³-hybridized carbons (Fsp3) is 0.714. The summed E-state index contributed by atoms with van der Waals surface area (Å²) in [7, 11) is -1.67. The first-order valence-electron chi connectivity index (χ1n) is 7.16. The second-order valence-electron chi connectivity index (χ2n) is 5.74. The second-order valence-corrected chi connectivity index (χ2v) is 7.47. The fourth-order valence-corrected chi connectivity index (χ4v) is 3.96. The van der Waals surface area contributed by atoms with Crippen LogP contribution in [0.1, 0.15) is 44.1 Å². The normalized spacial score (nSPS) is 17.4. The molecule has 0 atom stereocenters. The molecule has 0 aromatic carbocycles. The molecule has 0 aliphatic heterocycles. The Morgan fingerprint density at radius 2 is 2.10 bits per heavy atom. The topological polar surface area (TPSA) is 71.3 Å². The quantitative estimate of drug-likeness (QED) is 0.772. The SMILES string of the molecule is CCCC1(CNS(=O)(=O)c2cc(CNC)oc2C)CC1. The first kappa shape index (κ1) is 15.5. The van der Waals surface area contributed by atoms with Gasteiger partial charge < -0.3 is 9.73 Å². The minimum absolute atomic E-state index is 0.202. The summed E-state index contributed by atoms with van der Waals surface area (Å²) in [6, 6.07) is 1.60. The molecule has 1 heterocycles. The highest BCUT2D eigenvalue weighted by Gasteiger charge is 2.42. The first-order valence-corrected chi connectivity index (χ1v) is 8.64. The molecule has 2 N–H and O–H groups in total. The van der Waals surface area contributed by atoms with Crippen molar-refractivity contribution in [2.24, 2.45) is 5.41 Å². The molecule has 0 unspecified atom stereocenters. The highest BCUT2D eigenvalue weighted by molar-refractivity contribution is 7.89. The van der Waals surface area contributed by atoms with Crippen LogP contribution in [0.15, 0.2) is 15.4 Å². The zero-order valence-electron chi connectivity index (χ0n) is 12.5. The largest absolute Gasteiger partial charge is 0.464 e. The zero-order valence-corrected chi connectivity index (χ0v) is 13.3. The lowest BCUT2D eigenvalue weighted by Crippen LogP contribution is -2.30. The number of furan rings is 1. The predicted octanol–water partition coefficient (Wildman–Crippen LogP) is 2.17. The maximum Gasteiger partial charge on any atom is 0.244 e. The molecular weight excluding hydrogens is 276 g/mol. The van der Waals surface area contributed by atoms with Crippen molar-refractivity contribution in [2.45, 2.75) is 51.0 Å². The first-order chi connectivity index (χ1) is 9.42. The molecule has 6 heteroatoms. The van der Waals surface area contributed by atoms with Crippen LogP contribution in [0.3, 0.4) is 0 Å².